The zero-order chi connectivity index (χ0) is 12.1. The molecule has 0 unspecified atom stereocenters. The monoisotopic (exact) mass is 232 g/mol. The van der Waals surface area contributed by atoms with E-state index in [1.54, 1.807) is 6.21 Å². The molecule has 0 saturated carbocycles. The van der Waals surface area contributed by atoms with E-state index in [2.05, 4.69) is 20.6 Å². The molecule has 0 fully saturated rings. The topological polar surface area (TPSA) is 91.2 Å². The molecule has 1 aromatic carbocycles. The summed E-state index contributed by atoms with van der Waals surface area (Å²) in [5.41, 5.74) is 6.32. The molecule has 2 rings (SSSR count). The summed E-state index contributed by atoms with van der Waals surface area (Å²) >= 11 is 0. The number of benzene rings is 1. The predicted octanol–water partition coefficient (Wildman–Crippen LogP) is 0.536. The second-order valence-corrected chi connectivity index (χ2v) is 3.14. The Hall–Kier alpha value is -2.44. The molecule has 1 aromatic heterocycles. The molecule has 0 saturated heterocycles. The number of aromatic nitrogens is 4. The molecule has 1 heterocycles. The highest BCUT2D eigenvalue weighted by atomic mass is 16.5. The number of nitrogens with zero attached hydrogens (tertiary/aromatic N) is 5. The molecule has 2 N–H and O–H groups in total. The van der Waals surface area contributed by atoms with Crippen LogP contribution < -0.4 is 10.5 Å². The highest BCUT2D eigenvalue weighted by molar-refractivity contribution is 5.83. The molecule has 0 aliphatic rings. The van der Waals surface area contributed by atoms with Crippen molar-refractivity contribution in [3.8, 4) is 5.75 Å². The van der Waals surface area contributed by atoms with Crippen LogP contribution in [0, 0.1) is 0 Å². The molecule has 0 atom stereocenters. The SMILES string of the molecule is CCOc1ccccc1/C=N\n1nnnc1N. The average molecular weight is 232 g/mol. The van der Waals surface area contributed by atoms with Gasteiger partial charge < -0.3 is 10.5 Å². The largest absolute Gasteiger partial charge is 0.493 e. The Kier molecular flexibility index (Phi) is 3.29. The van der Waals surface area contributed by atoms with Gasteiger partial charge in [0.1, 0.15) is 5.75 Å². The van der Waals surface area contributed by atoms with Crippen molar-refractivity contribution >= 4 is 12.2 Å². The van der Waals surface area contributed by atoms with Crippen LogP contribution in [0.15, 0.2) is 29.4 Å². The highest BCUT2D eigenvalue weighted by Gasteiger charge is 2.00. The molecule has 0 amide bonds. The molecular weight excluding hydrogens is 220 g/mol. The number of hydrogen-bond acceptors (Lipinski definition) is 6. The van der Waals surface area contributed by atoms with E-state index in [4.69, 9.17) is 10.5 Å². The third kappa shape index (κ3) is 2.57. The zero-order valence-electron chi connectivity index (χ0n) is 9.32. The summed E-state index contributed by atoms with van der Waals surface area (Å²) in [7, 11) is 0. The van der Waals surface area contributed by atoms with Gasteiger partial charge in [-0.15, -0.1) is 0 Å². The Bertz CT molecular complexity index is 521. The van der Waals surface area contributed by atoms with Crippen molar-refractivity contribution < 1.29 is 4.74 Å². The average Bonchev–Trinajstić information content (AvgIpc) is 2.74. The number of rotatable bonds is 4. The summed E-state index contributed by atoms with van der Waals surface area (Å²) in [5, 5.41) is 14.5. The van der Waals surface area contributed by atoms with Crippen LogP contribution in [0.3, 0.4) is 0 Å². The number of para-hydroxylation sites is 1. The van der Waals surface area contributed by atoms with E-state index in [9.17, 15) is 0 Å². The van der Waals surface area contributed by atoms with Crippen LogP contribution in [0.5, 0.6) is 5.75 Å². The Morgan fingerprint density at radius 3 is 3.00 bits per heavy atom. The lowest BCUT2D eigenvalue weighted by atomic mass is 10.2. The third-order valence-electron chi connectivity index (χ3n) is 2.00. The predicted molar refractivity (Wildman–Crippen MR) is 62.8 cm³/mol. The van der Waals surface area contributed by atoms with Gasteiger partial charge in [-0.05, 0) is 29.5 Å². The molecular formula is C10H12N6O. The number of ether oxygens (including phenoxy) is 1. The Morgan fingerprint density at radius 2 is 2.29 bits per heavy atom. The number of nitrogen functional groups attached to an aromatic ring is 1. The van der Waals surface area contributed by atoms with Gasteiger partial charge in [0.15, 0.2) is 0 Å². The van der Waals surface area contributed by atoms with Crippen molar-refractivity contribution in [2.45, 2.75) is 6.92 Å². The molecule has 0 radical (unpaired) electrons. The van der Waals surface area contributed by atoms with E-state index in [0.717, 1.165) is 16.1 Å². The normalized spacial score (nSPS) is 10.9. The van der Waals surface area contributed by atoms with Gasteiger partial charge >= 0.3 is 0 Å². The van der Waals surface area contributed by atoms with Crippen LogP contribution in [0.2, 0.25) is 0 Å². The zero-order valence-corrected chi connectivity index (χ0v) is 9.32. The van der Waals surface area contributed by atoms with Crippen molar-refractivity contribution in [1.82, 2.24) is 20.3 Å². The first-order chi connectivity index (χ1) is 8.31. The van der Waals surface area contributed by atoms with Gasteiger partial charge in [0, 0.05) is 5.56 Å². The molecule has 0 aliphatic carbocycles. The minimum absolute atomic E-state index is 0.134. The maximum atomic E-state index is 5.48. The van der Waals surface area contributed by atoms with E-state index >= 15 is 0 Å². The first-order valence-corrected chi connectivity index (χ1v) is 5.11. The molecule has 0 aliphatic heterocycles. The minimum atomic E-state index is 0.134. The first kappa shape index (κ1) is 11.1. The van der Waals surface area contributed by atoms with E-state index in [-0.39, 0.29) is 5.95 Å². The Labute approximate surface area is 97.9 Å². The fourth-order valence-corrected chi connectivity index (χ4v) is 1.26. The number of anilines is 1. The third-order valence-corrected chi connectivity index (χ3v) is 2.00. The van der Waals surface area contributed by atoms with Crippen LogP contribution in [0.1, 0.15) is 12.5 Å². The van der Waals surface area contributed by atoms with Gasteiger partial charge in [0.05, 0.1) is 12.8 Å². The molecule has 17 heavy (non-hydrogen) atoms. The van der Waals surface area contributed by atoms with Crippen molar-refractivity contribution in [1.29, 1.82) is 0 Å². The van der Waals surface area contributed by atoms with Crippen LogP contribution in [0.25, 0.3) is 0 Å². The van der Waals surface area contributed by atoms with Gasteiger partial charge in [-0.2, -0.15) is 5.10 Å². The Morgan fingerprint density at radius 1 is 1.47 bits per heavy atom. The van der Waals surface area contributed by atoms with Gasteiger partial charge in [-0.3, -0.25) is 0 Å². The van der Waals surface area contributed by atoms with E-state index in [1.165, 1.54) is 0 Å². The standard InChI is InChI=1S/C10H12N6O/c1-2-17-9-6-4-3-5-8(9)7-12-16-10(11)13-14-15-16/h3-7H,2H2,1H3,(H2,11,13,15)/b12-7-. The van der Waals surface area contributed by atoms with E-state index in [0.29, 0.717) is 6.61 Å². The minimum Gasteiger partial charge on any atom is -0.493 e. The summed E-state index contributed by atoms with van der Waals surface area (Å²) in [6.45, 7) is 2.52. The molecule has 0 spiro atoms. The first-order valence-electron chi connectivity index (χ1n) is 5.11. The van der Waals surface area contributed by atoms with Gasteiger partial charge in [-0.1, -0.05) is 22.0 Å². The number of tetrazole rings is 1. The van der Waals surface area contributed by atoms with Crippen LogP contribution >= 0.6 is 0 Å². The molecule has 7 nitrogen and oxygen atoms in total. The van der Waals surface area contributed by atoms with Crippen LogP contribution in [0.4, 0.5) is 5.95 Å². The maximum absolute atomic E-state index is 5.48. The van der Waals surface area contributed by atoms with Gasteiger partial charge in [0.25, 0.3) is 5.95 Å². The number of hydrogen-bond donors (Lipinski definition) is 1. The second kappa shape index (κ2) is 5.06. The lowest BCUT2D eigenvalue weighted by Gasteiger charge is -2.05. The lowest BCUT2D eigenvalue weighted by molar-refractivity contribution is 0.340. The van der Waals surface area contributed by atoms with Crippen molar-refractivity contribution in [3.05, 3.63) is 29.8 Å². The van der Waals surface area contributed by atoms with E-state index in [1.807, 2.05) is 31.2 Å². The highest BCUT2D eigenvalue weighted by Crippen LogP contribution is 2.15. The van der Waals surface area contributed by atoms with Gasteiger partial charge in [0.2, 0.25) is 0 Å². The summed E-state index contributed by atoms with van der Waals surface area (Å²) in [6.07, 6.45) is 1.59. The summed E-state index contributed by atoms with van der Waals surface area (Å²) in [6, 6.07) is 7.55. The van der Waals surface area contributed by atoms with Gasteiger partial charge in [-0.25, -0.2) is 0 Å². The maximum Gasteiger partial charge on any atom is 0.263 e. The molecule has 7 heteroatoms. The summed E-state index contributed by atoms with van der Waals surface area (Å²) < 4.78 is 5.45. The summed E-state index contributed by atoms with van der Waals surface area (Å²) in [5.74, 6) is 0.889. The smallest absolute Gasteiger partial charge is 0.263 e. The van der Waals surface area contributed by atoms with Crippen LogP contribution in [-0.4, -0.2) is 33.1 Å². The number of nitrogens with two attached hydrogens (primary N) is 1. The Balaban J connectivity index is 2.24. The quantitative estimate of drug-likeness (QED) is 0.776. The lowest BCUT2D eigenvalue weighted by Crippen LogP contribution is -2.01. The van der Waals surface area contributed by atoms with Crippen molar-refractivity contribution in [2.75, 3.05) is 12.3 Å². The van der Waals surface area contributed by atoms with Crippen molar-refractivity contribution in [2.24, 2.45) is 5.10 Å². The van der Waals surface area contributed by atoms with Crippen molar-refractivity contribution in [3.63, 3.8) is 0 Å². The fraction of sp³-hybridized carbons (Fsp3) is 0.200. The van der Waals surface area contributed by atoms with Crippen LogP contribution in [-0.2, 0) is 0 Å². The molecule has 2 aromatic rings. The summed E-state index contributed by atoms with van der Waals surface area (Å²) in [4.78, 5) is 1.14. The van der Waals surface area contributed by atoms with E-state index < -0.39 is 0 Å². The molecule has 0 bridgehead atoms. The molecule has 88 valence electrons. The second-order valence-electron chi connectivity index (χ2n) is 3.14. The fourth-order valence-electron chi connectivity index (χ4n) is 1.26.